The van der Waals surface area contributed by atoms with Crippen LogP contribution in [0.3, 0.4) is 0 Å². The maximum atomic E-state index is 10.9. The lowest BCUT2D eigenvalue weighted by Gasteiger charge is -2.24. The Morgan fingerprint density at radius 2 is 1.80 bits per heavy atom. The average molecular weight is 428 g/mol. The summed E-state index contributed by atoms with van der Waals surface area (Å²) in [4.78, 5) is 21.4. The number of aromatic amines is 1. The molecule has 1 heterocycles. The summed E-state index contributed by atoms with van der Waals surface area (Å²) in [6.07, 6.45) is -3.33. The number of aromatic nitrogens is 3. The number of nitrogens with one attached hydrogen (secondary N) is 1. The number of aliphatic hydroxyl groups is 5. The van der Waals surface area contributed by atoms with Crippen molar-refractivity contribution >= 4 is 17.8 Å². The van der Waals surface area contributed by atoms with Crippen LogP contribution >= 0.6 is 0 Å². The van der Waals surface area contributed by atoms with E-state index in [2.05, 4.69) is 20.6 Å². The normalized spacial score (nSPS) is 14.3. The molecule has 2 aromatic rings. The number of phenolic OH excluding ortho intramolecular Hbond substituents is 1. The third-order valence-corrected chi connectivity index (χ3v) is 3.34. The molecule has 0 fully saturated rings. The van der Waals surface area contributed by atoms with Crippen molar-refractivity contribution < 1.29 is 45.4 Å². The Labute approximate surface area is 170 Å². The summed E-state index contributed by atoms with van der Waals surface area (Å²) in [6.45, 7) is 0.0480. The molecule has 13 nitrogen and oxygen atoms in total. The van der Waals surface area contributed by atoms with E-state index < -0.39 is 42.6 Å². The first-order chi connectivity index (χ1) is 14.2. The van der Waals surface area contributed by atoms with Crippen molar-refractivity contribution in [2.45, 2.75) is 31.3 Å². The first-order valence-electron chi connectivity index (χ1n) is 8.31. The molecule has 13 heteroatoms. The van der Waals surface area contributed by atoms with E-state index in [0.717, 1.165) is 6.92 Å². The Balaban J connectivity index is 0.000000474. The molecule has 0 aliphatic heterocycles. The zero-order valence-electron chi connectivity index (χ0n) is 15.8. The summed E-state index contributed by atoms with van der Waals surface area (Å²) in [5.41, 5.74) is 0.505. The lowest BCUT2D eigenvalue weighted by atomic mass is 9.99. The molecule has 166 valence electrons. The van der Waals surface area contributed by atoms with Crippen molar-refractivity contribution in [1.82, 2.24) is 15.4 Å². The van der Waals surface area contributed by atoms with Crippen LogP contribution in [0.5, 0.6) is 5.75 Å². The molecule has 0 radical (unpaired) electrons. The average Bonchev–Trinajstić information content (AvgIpc) is 3.33. The highest BCUT2D eigenvalue weighted by molar-refractivity contribution is 6.38. The molecule has 1 aromatic heterocycles. The second kappa shape index (κ2) is 14.7. The number of aliphatic hydroxyl groups excluding tert-OH is 5. The number of hydrogen-bond donors (Lipinski definition) is 8. The van der Waals surface area contributed by atoms with Gasteiger partial charge in [-0.05, 0) is 12.1 Å². The van der Waals surface area contributed by atoms with Crippen molar-refractivity contribution in [3.63, 3.8) is 0 Å². The summed E-state index contributed by atoms with van der Waals surface area (Å²) in [5.74, 6) is -2.14. The maximum absolute atomic E-state index is 10.9. The van der Waals surface area contributed by atoms with Gasteiger partial charge in [-0.2, -0.15) is 0 Å². The van der Waals surface area contributed by atoms with Crippen molar-refractivity contribution in [3.8, 4) is 5.75 Å². The number of H-pyrrole nitrogens is 1. The topological polar surface area (TPSA) is 230 Å². The Kier molecular flexibility index (Phi) is 13.1. The minimum atomic E-state index is -2.11. The minimum Gasteiger partial charge on any atom is -0.507 e. The molecule has 0 aliphatic carbocycles. The number of oxime groups is 1. The second-order valence-corrected chi connectivity index (χ2v) is 5.56. The van der Waals surface area contributed by atoms with Gasteiger partial charge in [0.15, 0.2) is 5.78 Å². The van der Waals surface area contributed by atoms with Gasteiger partial charge in [0.1, 0.15) is 30.2 Å². The fourth-order valence-electron chi connectivity index (χ4n) is 1.71. The summed E-state index contributed by atoms with van der Waals surface area (Å²) in [7, 11) is 0. The Morgan fingerprint density at radius 3 is 2.20 bits per heavy atom. The van der Waals surface area contributed by atoms with Gasteiger partial charge in [-0.1, -0.05) is 22.5 Å². The zero-order chi connectivity index (χ0) is 23.1. The van der Waals surface area contributed by atoms with Crippen molar-refractivity contribution in [2.24, 2.45) is 5.16 Å². The summed E-state index contributed by atoms with van der Waals surface area (Å²) in [5, 5.41) is 73.9. The lowest BCUT2D eigenvalue weighted by Crippen LogP contribution is -2.49. The van der Waals surface area contributed by atoms with E-state index in [9.17, 15) is 9.59 Å². The molecule has 4 unspecified atom stereocenters. The van der Waals surface area contributed by atoms with Gasteiger partial charge in [0.2, 0.25) is 5.78 Å². The number of Topliss-reactive ketones (excluding diaryl/α,β-unsaturated/α-hetero) is 2. The molecule has 0 bridgehead atoms. The van der Waals surface area contributed by atoms with Crippen molar-refractivity contribution in [2.75, 3.05) is 6.61 Å². The lowest BCUT2D eigenvalue weighted by molar-refractivity contribution is -0.153. The highest BCUT2D eigenvalue weighted by atomic mass is 16.4. The zero-order valence-corrected chi connectivity index (χ0v) is 15.8. The monoisotopic (exact) mass is 428 g/mol. The van der Waals surface area contributed by atoms with Crippen LogP contribution in [0, 0.1) is 0 Å². The Morgan fingerprint density at radius 1 is 1.17 bits per heavy atom. The highest BCUT2D eigenvalue weighted by Crippen LogP contribution is 2.12. The minimum absolute atomic E-state index is 0.111. The first-order valence-corrected chi connectivity index (χ1v) is 8.31. The SMILES string of the molecule is CC(=O)C(=O)C(O)C(O)C(O)C(O)CO.ON=Cc1ccccc1O.c1c[nH]nn1. The number of carbonyl (C=O) groups excluding carboxylic acids is 2. The number of rotatable bonds is 7. The smallest absolute Gasteiger partial charge is 0.229 e. The molecular formula is C17H24N4O9. The van der Waals surface area contributed by atoms with Gasteiger partial charge in [-0.25, -0.2) is 0 Å². The second-order valence-electron chi connectivity index (χ2n) is 5.56. The quantitative estimate of drug-likeness (QED) is 0.100. The van der Waals surface area contributed by atoms with Crippen LogP contribution in [-0.4, -0.2) is 100 Å². The number of nitrogens with zero attached hydrogens (tertiary/aromatic N) is 3. The molecule has 0 saturated carbocycles. The molecular weight excluding hydrogens is 404 g/mol. The van der Waals surface area contributed by atoms with Crippen LogP contribution in [0.15, 0.2) is 41.8 Å². The van der Waals surface area contributed by atoms with Gasteiger partial charge in [-0.3, -0.25) is 14.7 Å². The molecule has 1 aromatic carbocycles. The van der Waals surface area contributed by atoms with Crippen LogP contribution in [0.25, 0.3) is 0 Å². The summed E-state index contributed by atoms with van der Waals surface area (Å²) in [6, 6.07) is 6.62. The molecule has 0 aliphatic rings. The number of hydrogen-bond acceptors (Lipinski definition) is 12. The van der Waals surface area contributed by atoms with Gasteiger partial charge in [0.05, 0.1) is 19.0 Å². The molecule has 30 heavy (non-hydrogen) atoms. The molecule has 8 N–H and O–H groups in total. The summed E-state index contributed by atoms with van der Waals surface area (Å²) >= 11 is 0. The fraction of sp³-hybridized carbons (Fsp3) is 0.353. The van der Waals surface area contributed by atoms with Gasteiger partial charge in [-0.15, -0.1) is 5.10 Å². The number of para-hydroxylation sites is 1. The predicted molar refractivity (Wildman–Crippen MR) is 101 cm³/mol. The van der Waals surface area contributed by atoms with E-state index in [1.807, 2.05) is 0 Å². The van der Waals surface area contributed by atoms with Crippen molar-refractivity contribution in [3.05, 3.63) is 42.2 Å². The van der Waals surface area contributed by atoms with E-state index in [1.165, 1.54) is 12.3 Å². The van der Waals surface area contributed by atoms with Crippen LogP contribution < -0.4 is 0 Å². The number of carbonyl (C=O) groups is 2. The largest absolute Gasteiger partial charge is 0.507 e. The molecule has 2 rings (SSSR count). The fourth-order valence-corrected chi connectivity index (χ4v) is 1.71. The van der Waals surface area contributed by atoms with Gasteiger partial charge >= 0.3 is 0 Å². The van der Waals surface area contributed by atoms with Crippen LogP contribution in [0.4, 0.5) is 0 Å². The van der Waals surface area contributed by atoms with Crippen molar-refractivity contribution in [1.29, 1.82) is 0 Å². The molecule has 4 atom stereocenters. The number of ketones is 2. The van der Waals surface area contributed by atoms with E-state index in [0.29, 0.717) is 5.56 Å². The van der Waals surface area contributed by atoms with Crippen LogP contribution in [0.2, 0.25) is 0 Å². The van der Waals surface area contributed by atoms with E-state index in [4.69, 9.17) is 35.8 Å². The first kappa shape index (κ1) is 26.8. The highest BCUT2D eigenvalue weighted by Gasteiger charge is 2.35. The number of benzene rings is 1. The van der Waals surface area contributed by atoms with Gasteiger partial charge in [0, 0.05) is 18.7 Å². The van der Waals surface area contributed by atoms with E-state index in [-0.39, 0.29) is 5.75 Å². The van der Waals surface area contributed by atoms with Crippen LogP contribution in [-0.2, 0) is 9.59 Å². The van der Waals surface area contributed by atoms with Crippen LogP contribution in [0.1, 0.15) is 12.5 Å². The van der Waals surface area contributed by atoms with Gasteiger partial charge < -0.3 is 35.8 Å². The molecule has 0 saturated heterocycles. The number of phenols is 1. The third-order valence-electron chi connectivity index (χ3n) is 3.34. The Hall–Kier alpha value is -3.23. The third kappa shape index (κ3) is 9.81. The van der Waals surface area contributed by atoms with Gasteiger partial charge in [0.25, 0.3) is 0 Å². The predicted octanol–water partition coefficient (Wildman–Crippen LogP) is -2.41. The summed E-state index contributed by atoms with van der Waals surface area (Å²) < 4.78 is 0. The Bertz CT molecular complexity index is 753. The number of aromatic hydroxyl groups is 1. The molecule has 0 spiro atoms. The van der Waals surface area contributed by atoms with E-state index >= 15 is 0 Å². The standard InChI is InChI=1S/C8H14O7.C7H7NO2.C2H3N3/c1-3(10)5(12)7(14)8(15)6(13)4(11)2-9;9-7-4-2-1-3-6(7)5-8-10;1-2-4-5-3-1/h4,6-9,11,13-15H,2H2,1H3;1-5,9-10H;1-2H,(H,3,4,5). The molecule has 0 amide bonds. The maximum Gasteiger partial charge on any atom is 0.229 e. The van der Waals surface area contributed by atoms with E-state index in [1.54, 1.807) is 30.6 Å².